The van der Waals surface area contributed by atoms with Crippen molar-refractivity contribution in [2.24, 2.45) is 0 Å². The zero-order valence-corrected chi connectivity index (χ0v) is 20.4. The number of aromatic nitrogens is 1. The van der Waals surface area contributed by atoms with Gasteiger partial charge in [0.25, 0.3) is 0 Å². The molecule has 0 saturated heterocycles. The van der Waals surface area contributed by atoms with E-state index < -0.39 is 0 Å². The van der Waals surface area contributed by atoms with Crippen LogP contribution in [-0.4, -0.2) is 4.98 Å². The van der Waals surface area contributed by atoms with E-state index >= 15 is 0 Å². The highest BCUT2D eigenvalue weighted by Gasteiger charge is 2.20. The molecule has 0 saturated carbocycles. The lowest BCUT2D eigenvalue weighted by atomic mass is 9.90. The Morgan fingerprint density at radius 1 is 0.938 bits per heavy atom. The van der Waals surface area contributed by atoms with Crippen LogP contribution in [0.4, 0.5) is 5.82 Å². The molecule has 0 aliphatic rings. The summed E-state index contributed by atoms with van der Waals surface area (Å²) < 4.78 is 7.83. The van der Waals surface area contributed by atoms with Gasteiger partial charge in [0.05, 0.1) is 4.47 Å². The first-order valence-corrected chi connectivity index (χ1v) is 11.5. The number of hydrogen-bond acceptors (Lipinski definition) is 4. The number of pyridine rings is 1. The van der Waals surface area contributed by atoms with Crippen molar-refractivity contribution in [2.75, 3.05) is 5.73 Å². The number of nitrogen functional groups attached to an aromatic ring is 1. The van der Waals surface area contributed by atoms with Gasteiger partial charge in [-0.15, -0.1) is 0 Å². The molecule has 0 unspecified atom stereocenters. The highest BCUT2D eigenvalue weighted by atomic mass is 79.9. The molecule has 0 amide bonds. The van der Waals surface area contributed by atoms with E-state index in [9.17, 15) is 5.26 Å². The van der Waals surface area contributed by atoms with Gasteiger partial charge in [-0.3, -0.25) is 0 Å². The van der Waals surface area contributed by atoms with E-state index in [0.29, 0.717) is 12.2 Å². The summed E-state index contributed by atoms with van der Waals surface area (Å²) in [6.45, 7) is 2.36. The molecule has 4 nitrogen and oxygen atoms in total. The molecule has 1 aromatic heterocycles. The zero-order valence-electron chi connectivity index (χ0n) is 17.3. The van der Waals surface area contributed by atoms with Crippen LogP contribution in [0.1, 0.15) is 16.8 Å². The fourth-order valence-electron chi connectivity index (χ4n) is 3.60. The van der Waals surface area contributed by atoms with Crippen LogP contribution in [0.15, 0.2) is 81.7 Å². The fourth-order valence-corrected chi connectivity index (χ4v) is 4.36. The number of nitriles is 1. The fraction of sp³-hybridized carbons (Fsp3) is 0.0769. The van der Waals surface area contributed by atoms with E-state index in [2.05, 4.69) is 42.9 Å². The number of halogens is 2. The molecular formula is C26H19Br2N3O. The van der Waals surface area contributed by atoms with Crippen molar-refractivity contribution in [3.05, 3.63) is 98.6 Å². The number of anilines is 1. The molecule has 6 heteroatoms. The summed E-state index contributed by atoms with van der Waals surface area (Å²) in [6.07, 6.45) is 0. The number of rotatable bonds is 5. The summed E-state index contributed by atoms with van der Waals surface area (Å²) in [4.78, 5) is 4.43. The lowest BCUT2D eigenvalue weighted by Gasteiger charge is -2.17. The van der Waals surface area contributed by atoms with Crippen LogP contribution >= 0.6 is 31.9 Å². The van der Waals surface area contributed by atoms with Crippen LogP contribution in [0, 0.1) is 18.3 Å². The largest absolute Gasteiger partial charge is 0.488 e. The van der Waals surface area contributed by atoms with Crippen LogP contribution in [0.2, 0.25) is 0 Å². The number of nitrogens with zero attached hydrogens (tertiary/aromatic N) is 2. The van der Waals surface area contributed by atoms with Gasteiger partial charge < -0.3 is 10.5 Å². The van der Waals surface area contributed by atoms with Crippen molar-refractivity contribution in [3.8, 4) is 34.1 Å². The summed E-state index contributed by atoms with van der Waals surface area (Å²) in [6, 6.07) is 26.0. The summed E-state index contributed by atoms with van der Waals surface area (Å²) in [7, 11) is 0. The maximum atomic E-state index is 9.87. The van der Waals surface area contributed by atoms with E-state index in [1.54, 1.807) is 0 Å². The van der Waals surface area contributed by atoms with Crippen LogP contribution in [0.5, 0.6) is 5.75 Å². The van der Waals surface area contributed by atoms with E-state index in [-0.39, 0.29) is 5.82 Å². The molecule has 1 heterocycles. The maximum absolute atomic E-state index is 9.87. The van der Waals surface area contributed by atoms with Gasteiger partial charge in [-0.25, -0.2) is 4.98 Å². The standard InChI is InChI=1S/C26H19Br2N3O/c1-16-24(18-5-3-2-4-6-18)25(21(14-29)26(30)31-16)19-9-12-23(22(28)13-19)32-15-17-7-10-20(27)11-8-17/h2-13H,15H2,1H3,(H2,30,31). The van der Waals surface area contributed by atoms with Crippen molar-refractivity contribution in [1.29, 1.82) is 5.26 Å². The van der Waals surface area contributed by atoms with Crippen molar-refractivity contribution in [3.63, 3.8) is 0 Å². The third-order valence-corrected chi connectivity index (χ3v) is 6.26. The molecule has 0 aliphatic carbocycles. The Morgan fingerprint density at radius 3 is 2.31 bits per heavy atom. The van der Waals surface area contributed by atoms with E-state index in [0.717, 1.165) is 48.2 Å². The first-order chi connectivity index (χ1) is 15.5. The summed E-state index contributed by atoms with van der Waals surface area (Å²) in [5.74, 6) is 0.946. The molecule has 0 radical (unpaired) electrons. The quantitative estimate of drug-likeness (QED) is 0.284. The molecule has 3 aromatic carbocycles. The Bertz CT molecular complexity index is 1310. The molecule has 158 valence electrons. The summed E-state index contributed by atoms with van der Waals surface area (Å²) in [5, 5.41) is 9.87. The van der Waals surface area contributed by atoms with E-state index in [4.69, 9.17) is 10.5 Å². The Hall–Kier alpha value is -3.14. The van der Waals surface area contributed by atoms with E-state index in [1.165, 1.54) is 0 Å². The topological polar surface area (TPSA) is 71.9 Å². The molecule has 32 heavy (non-hydrogen) atoms. The van der Waals surface area contributed by atoms with Gasteiger partial charge in [0.1, 0.15) is 29.8 Å². The summed E-state index contributed by atoms with van der Waals surface area (Å²) in [5.41, 5.74) is 11.8. The van der Waals surface area contributed by atoms with Crippen LogP contribution in [0.25, 0.3) is 22.3 Å². The van der Waals surface area contributed by atoms with Gasteiger partial charge >= 0.3 is 0 Å². The van der Waals surface area contributed by atoms with Crippen molar-refractivity contribution in [2.45, 2.75) is 13.5 Å². The minimum Gasteiger partial charge on any atom is -0.488 e. The molecule has 4 rings (SSSR count). The lowest BCUT2D eigenvalue weighted by molar-refractivity contribution is 0.304. The average Bonchev–Trinajstić information content (AvgIpc) is 2.79. The smallest absolute Gasteiger partial charge is 0.142 e. The van der Waals surface area contributed by atoms with E-state index in [1.807, 2.05) is 79.7 Å². The number of aryl methyl sites for hydroxylation is 1. The number of ether oxygens (including phenoxy) is 1. The molecule has 0 spiro atoms. The normalized spacial score (nSPS) is 10.6. The number of nitrogens with two attached hydrogens (primary N) is 1. The van der Waals surface area contributed by atoms with Crippen LogP contribution in [-0.2, 0) is 6.61 Å². The van der Waals surface area contributed by atoms with Gasteiger partial charge in [0.2, 0.25) is 0 Å². The second-order valence-electron chi connectivity index (χ2n) is 7.25. The molecule has 2 N–H and O–H groups in total. The van der Waals surface area contributed by atoms with Gasteiger partial charge in [0.15, 0.2) is 0 Å². The predicted octanol–water partition coefficient (Wildman–Crippen LogP) is 7.28. The zero-order chi connectivity index (χ0) is 22.7. The van der Waals surface area contributed by atoms with Crippen molar-refractivity contribution >= 4 is 37.7 Å². The molecule has 0 bridgehead atoms. The Labute approximate surface area is 203 Å². The Kier molecular flexibility index (Phi) is 6.59. The van der Waals surface area contributed by atoms with Crippen molar-refractivity contribution < 1.29 is 4.74 Å². The van der Waals surface area contributed by atoms with Gasteiger partial charge in [0, 0.05) is 21.3 Å². The first kappa shape index (κ1) is 22.1. The third-order valence-electron chi connectivity index (χ3n) is 5.11. The molecular weight excluding hydrogens is 530 g/mol. The highest BCUT2D eigenvalue weighted by Crippen LogP contribution is 2.41. The van der Waals surface area contributed by atoms with Crippen LogP contribution in [0.3, 0.4) is 0 Å². The predicted molar refractivity (Wildman–Crippen MR) is 135 cm³/mol. The molecule has 0 aliphatic heterocycles. The SMILES string of the molecule is Cc1nc(N)c(C#N)c(-c2ccc(OCc3ccc(Br)cc3)c(Br)c2)c1-c1ccccc1. The van der Waals surface area contributed by atoms with Gasteiger partial charge in [-0.1, -0.05) is 64.5 Å². The average molecular weight is 549 g/mol. The monoisotopic (exact) mass is 547 g/mol. The minimum absolute atomic E-state index is 0.228. The Balaban J connectivity index is 1.76. The maximum Gasteiger partial charge on any atom is 0.142 e. The van der Waals surface area contributed by atoms with Gasteiger partial charge in [-0.05, 0) is 63.8 Å². The van der Waals surface area contributed by atoms with Crippen molar-refractivity contribution in [1.82, 2.24) is 4.98 Å². The molecule has 0 atom stereocenters. The minimum atomic E-state index is 0.228. The van der Waals surface area contributed by atoms with Crippen LogP contribution < -0.4 is 10.5 Å². The number of benzene rings is 3. The Morgan fingerprint density at radius 2 is 1.66 bits per heavy atom. The second kappa shape index (κ2) is 9.56. The molecule has 4 aromatic rings. The second-order valence-corrected chi connectivity index (χ2v) is 9.02. The summed E-state index contributed by atoms with van der Waals surface area (Å²) >= 11 is 7.07. The molecule has 0 fully saturated rings. The number of hydrogen-bond donors (Lipinski definition) is 1. The van der Waals surface area contributed by atoms with Gasteiger partial charge in [-0.2, -0.15) is 5.26 Å². The highest BCUT2D eigenvalue weighted by molar-refractivity contribution is 9.10. The lowest BCUT2D eigenvalue weighted by Crippen LogP contribution is -2.03. The third kappa shape index (κ3) is 4.55. The first-order valence-electron chi connectivity index (χ1n) is 9.90.